The Morgan fingerprint density at radius 1 is 1.08 bits per heavy atom. The number of Topliss-reactive ketones (excluding diaryl/α,β-unsaturated/α-hetero) is 1. The molecule has 0 aromatic heterocycles. The first-order valence-electron chi connectivity index (χ1n) is 11.3. The molecule has 0 saturated carbocycles. The Hall–Kier alpha value is -2.14. The van der Waals surface area contributed by atoms with Gasteiger partial charge in [-0.2, -0.15) is 24.9 Å². The van der Waals surface area contributed by atoms with Crippen molar-refractivity contribution in [2.75, 3.05) is 25.2 Å². The molecule has 2 aromatic carbocycles. The molecule has 3 N–H and O–H groups in total. The summed E-state index contributed by atoms with van der Waals surface area (Å²) < 4.78 is 43.0. The van der Waals surface area contributed by atoms with Crippen LogP contribution in [0.5, 0.6) is 0 Å². The van der Waals surface area contributed by atoms with Crippen molar-refractivity contribution in [1.29, 1.82) is 0 Å². The summed E-state index contributed by atoms with van der Waals surface area (Å²) in [5.41, 5.74) is -2.46. The van der Waals surface area contributed by atoms with Crippen LogP contribution in [0.15, 0.2) is 36.4 Å². The third-order valence-electron chi connectivity index (χ3n) is 5.56. The van der Waals surface area contributed by atoms with E-state index in [2.05, 4.69) is 5.32 Å². The van der Waals surface area contributed by atoms with Gasteiger partial charge in [0.05, 0.1) is 0 Å². The van der Waals surface area contributed by atoms with Crippen LogP contribution in [0, 0.1) is 11.8 Å². The zero-order valence-electron chi connectivity index (χ0n) is 20.8. The van der Waals surface area contributed by atoms with Crippen molar-refractivity contribution in [3.8, 4) is 0 Å². The van der Waals surface area contributed by atoms with Gasteiger partial charge in [-0.1, -0.05) is 43.1 Å². The topological polar surface area (TPSA) is 97.4 Å². The quantitative estimate of drug-likeness (QED) is 0.392. The van der Waals surface area contributed by atoms with Crippen molar-refractivity contribution in [3.05, 3.63) is 73.6 Å². The second-order valence-corrected chi connectivity index (χ2v) is 9.84. The number of carbonyl (C=O) groups is 2. The lowest BCUT2D eigenvalue weighted by Gasteiger charge is -2.31. The van der Waals surface area contributed by atoms with Crippen LogP contribution in [0.4, 0.5) is 13.2 Å². The zero-order valence-corrected chi connectivity index (χ0v) is 23.2. The van der Waals surface area contributed by atoms with Crippen LogP contribution in [0.25, 0.3) is 0 Å². The van der Waals surface area contributed by atoms with E-state index >= 15 is 0 Å². The van der Waals surface area contributed by atoms with E-state index in [0.29, 0.717) is 11.1 Å². The van der Waals surface area contributed by atoms with E-state index in [1.807, 2.05) is 13.8 Å². The first kappa shape index (κ1) is 32.9. The van der Waals surface area contributed by atoms with Gasteiger partial charge in [-0.3, -0.25) is 9.59 Å². The number of aryl methyl sites for hydroxylation is 1. The van der Waals surface area contributed by atoms with Crippen molar-refractivity contribution >= 4 is 46.7 Å². The lowest BCUT2D eigenvalue weighted by molar-refractivity contribution is -0.503. The summed E-state index contributed by atoms with van der Waals surface area (Å²) in [5, 5.41) is 11.1. The Kier molecular flexibility index (Phi) is 13.1. The molecule has 1 amide bonds. The summed E-state index contributed by atoms with van der Waals surface area (Å²) in [5.74, 6) is 0.499. The van der Waals surface area contributed by atoms with E-state index < -0.39 is 35.9 Å². The zero-order chi connectivity index (χ0) is 28.4. The molecule has 1 heterocycles. The Bertz CT molecular complexity index is 1080. The van der Waals surface area contributed by atoms with Crippen molar-refractivity contribution < 1.29 is 33.0 Å². The fourth-order valence-corrected chi connectivity index (χ4v) is 4.80. The molecule has 0 spiro atoms. The lowest BCUT2D eigenvalue weighted by Crippen LogP contribution is -2.73. The number of ketones is 1. The normalized spacial score (nSPS) is 14.5. The molecule has 37 heavy (non-hydrogen) atoms. The van der Waals surface area contributed by atoms with Crippen molar-refractivity contribution in [2.24, 2.45) is 0 Å². The maximum absolute atomic E-state index is 14.3. The predicted molar refractivity (Wildman–Crippen MR) is 142 cm³/mol. The minimum atomic E-state index is -4.97. The van der Waals surface area contributed by atoms with Crippen molar-refractivity contribution in [1.82, 2.24) is 5.32 Å². The summed E-state index contributed by atoms with van der Waals surface area (Å²) >= 11 is 13.5. The van der Waals surface area contributed by atoms with E-state index in [1.54, 1.807) is 18.7 Å². The second kappa shape index (κ2) is 14.7. The van der Waals surface area contributed by atoms with Crippen molar-refractivity contribution in [2.45, 2.75) is 44.8 Å². The number of amides is 1. The third kappa shape index (κ3) is 8.17. The second-order valence-electron chi connectivity index (χ2n) is 7.90. The average Bonchev–Trinajstić information content (AvgIpc) is 2.82. The molecule has 0 aliphatic carbocycles. The maximum Gasteiger partial charge on any atom is 0.405 e. The molecule has 12 heteroatoms. The lowest BCUT2D eigenvalue weighted by atomic mass is 9.74. The third-order valence-corrected chi connectivity index (χ3v) is 7.27. The summed E-state index contributed by atoms with van der Waals surface area (Å²) in [4.78, 5) is 36.6. The largest absolute Gasteiger partial charge is 0.405 e. The van der Waals surface area contributed by atoms with Crippen LogP contribution < -0.4 is 10.5 Å². The highest BCUT2D eigenvalue weighted by atomic mass is 35.5. The summed E-state index contributed by atoms with van der Waals surface area (Å²) in [6, 6.07) is 7.54. The Morgan fingerprint density at radius 3 is 2.08 bits per heavy atom. The smallest absolute Gasteiger partial charge is 0.400 e. The van der Waals surface area contributed by atoms with Crippen LogP contribution in [0.1, 0.15) is 52.1 Å². The average molecular weight is 582 g/mol. The fraction of sp³-hybridized carbons (Fsp3) is 0.440. The fourth-order valence-electron chi connectivity index (χ4n) is 3.63. The van der Waals surface area contributed by atoms with E-state index in [0.717, 1.165) is 30.7 Å². The molecule has 6 nitrogen and oxygen atoms in total. The van der Waals surface area contributed by atoms with Crippen LogP contribution in [-0.4, -0.2) is 54.2 Å². The molecule has 1 saturated heterocycles. The van der Waals surface area contributed by atoms with E-state index in [4.69, 9.17) is 28.3 Å². The Labute approximate surface area is 228 Å². The monoisotopic (exact) mass is 581 g/mol. The highest BCUT2D eigenvalue weighted by Gasteiger charge is 2.60. The molecule has 3 rings (SSSR count). The molecule has 1 aliphatic rings. The molecule has 2 aromatic rings. The van der Waals surface area contributed by atoms with Crippen molar-refractivity contribution in [3.63, 3.8) is 0 Å². The van der Waals surface area contributed by atoms with Gasteiger partial charge in [-0.05, 0) is 53.6 Å². The molecule has 0 radical (unpaired) electrons. The predicted octanol–water partition coefficient (Wildman–Crippen LogP) is 4.70. The van der Waals surface area contributed by atoms with E-state index in [9.17, 15) is 27.7 Å². The number of alkyl halides is 3. The van der Waals surface area contributed by atoms with E-state index in [1.165, 1.54) is 29.4 Å². The molecule has 204 valence electrons. The standard InChI is InChI=1S/C22H19Cl2F3N2O3S.C2H6.CH4O/c1-12-4-13(2-3-18(12)20(31)29-17-9-33-10-17)19(30)8-21(11-28-32,22(25,26)27)14-5-15(23)7-16(24)6-14;2*1-2/h2-7,17H,8-11H2,1H3,(H,29,31);1-2H3;2H,1H3/p+1. The van der Waals surface area contributed by atoms with Gasteiger partial charge in [0.15, 0.2) is 11.2 Å². The number of carbonyl (C=O) groups excluding carboxylic acids is 2. The molecular formula is C25H30Cl2F3N2O4S+. The van der Waals surface area contributed by atoms with E-state index in [-0.39, 0.29) is 27.6 Å². The van der Waals surface area contributed by atoms with Crippen LogP contribution in [-0.2, 0) is 5.41 Å². The molecule has 0 bridgehead atoms. The minimum Gasteiger partial charge on any atom is -0.400 e. The van der Waals surface area contributed by atoms with Gasteiger partial charge in [0, 0.05) is 57.2 Å². The SMILES string of the molecule is CC.CO.Cc1cc(C(=O)CC(C[NH+]=O)(c2cc(Cl)cc(Cl)c2)C(F)(F)F)ccc1C(=O)NC1CSC1. The molecule has 1 unspecified atom stereocenters. The number of hydrogen-bond acceptors (Lipinski definition) is 5. The first-order valence-corrected chi connectivity index (χ1v) is 13.2. The number of aliphatic hydroxyl groups excluding tert-OH is 1. The number of aliphatic hydroxyl groups is 1. The molecule has 1 atom stereocenters. The van der Waals surface area contributed by atoms with Gasteiger partial charge < -0.3 is 10.4 Å². The van der Waals surface area contributed by atoms with Crippen LogP contribution >= 0.6 is 35.0 Å². The number of thioether (sulfide) groups is 1. The van der Waals surface area contributed by atoms with Gasteiger partial charge in [0.25, 0.3) is 5.91 Å². The van der Waals surface area contributed by atoms with Crippen LogP contribution in [0.2, 0.25) is 10.0 Å². The first-order chi connectivity index (χ1) is 17.5. The van der Waals surface area contributed by atoms with Gasteiger partial charge in [-0.15, -0.1) is 0 Å². The summed E-state index contributed by atoms with van der Waals surface area (Å²) in [6.07, 6.45) is -6.02. The number of nitrogens with one attached hydrogen (secondary N) is 2. The Balaban J connectivity index is 0.00000163. The highest BCUT2D eigenvalue weighted by molar-refractivity contribution is 8.00. The van der Waals surface area contributed by atoms with Gasteiger partial charge in [0.2, 0.25) is 6.54 Å². The Morgan fingerprint density at radius 2 is 1.65 bits per heavy atom. The summed E-state index contributed by atoms with van der Waals surface area (Å²) in [6.45, 7) is 4.51. The number of nitroso groups, excluding NO2 is 1. The van der Waals surface area contributed by atoms with Gasteiger partial charge >= 0.3 is 6.18 Å². The molecule has 1 aliphatic heterocycles. The highest BCUT2D eigenvalue weighted by Crippen LogP contribution is 2.45. The van der Waals surface area contributed by atoms with Gasteiger partial charge in [-0.25, -0.2) is 0 Å². The number of rotatable bonds is 8. The van der Waals surface area contributed by atoms with Crippen LogP contribution in [0.3, 0.4) is 0 Å². The summed E-state index contributed by atoms with van der Waals surface area (Å²) in [7, 11) is 1.00. The van der Waals surface area contributed by atoms with Gasteiger partial charge in [0.1, 0.15) is 0 Å². The number of hydrogen-bond donors (Lipinski definition) is 3. The molecule has 1 fully saturated rings. The minimum absolute atomic E-state index is 0.00380. The number of halogens is 5. The maximum atomic E-state index is 14.3. The molecular weight excluding hydrogens is 552 g/mol. The number of benzene rings is 2.